The van der Waals surface area contributed by atoms with E-state index in [1.54, 1.807) is 12.1 Å². The summed E-state index contributed by atoms with van der Waals surface area (Å²) in [6.07, 6.45) is 0.415. The van der Waals surface area contributed by atoms with Crippen LogP contribution < -0.4 is 5.11 Å². The number of rotatable bonds is 4. The van der Waals surface area contributed by atoms with E-state index in [-0.39, 0.29) is 10.9 Å². The Balaban J connectivity index is 2.02. The number of nitro groups is 1. The average Bonchev–Trinajstić information content (AvgIpc) is 2.90. The van der Waals surface area contributed by atoms with Crippen LogP contribution in [0.2, 0.25) is 0 Å². The van der Waals surface area contributed by atoms with E-state index in [4.69, 9.17) is 0 Å². The minimum absolute atomic E-state index is 0.0323. The van der Waals surface area contributed by atoms with Gasteiger partial charge in [0.05, 0.1) is 4.92 Å². The van der Waals surface area contributed by atoms with Crippen molar-refractivity contribution >= 4 is 30.2 Å². The summed E-state index contributed by atoms with van der Waals surface area (Å²) < 4.78 is 0. The predicted octanol–water partition coefficient (Wildman–Crippen LogP) is 1.27. The Hall–Kier alpha value is -2.09. The molecule has 0 aromatic heterocycles. The molecular weight excluding hydrogens is 306 g/mol. The van der Waals surface area contributed by atoms with Crippen molar-refractivity contribution in [1.82, 2.24) is 4.90 Å². The molecule has 1 unspecified atom stereocenters. The summed E-state index contributed by atoms with van der Waals surface area (Å²) in [7, 11) is 0. The van der Waals surface area contributed by atoms with Crippen molar-refractivity contribution in [1.29, 1.82) is 0 Å². The molecule has 1 amide bonds. The van der Waals surface area contributed by atoms with E-state index in [0.29, 0.717) is 25.2 Å². The van der Waals surface area contributed by atoms with Gasteiger partial charge in [0.1, 0.15) is 5.84 Å². The maximum atomic E-state index is 10.8. The number of carboxylic acid groups (broad SMARTS) is 1. The second-order valence-corrected chi connectivity index (χ2v) is 5.84. The third-order valence-corrected chi connectivity index (χ3v) is 3.95. The highest BCUT2D eigenvalue weighted by Crippen LogP contribution is 2.18. The largest absolute Gasteiger partial charge is 0.528 e. The molecule has 1 saturated heterocycles. The summed E-state index contributed by atoms with van der Waals surface area (Å²) in [5, 5.41) is 21.6. The van der Waals surface area contributed by atoms with Crippen LogP contribution in [0.3, 0.4) is 0 Å². The number of non-ortho nitro benzene ring substituents is 1. The van der Waals surface area contributed by atoms with Crippen LogP contribution in [0.4, 0.5) is 10.5 Å². The fraction of sp³-hybridized carbons (Fsp3) is 0.429. The zero-order valence-electron chi connectivity index (χ0n) is 11.8. The Labute approximate surface area is 133 Å². The zero-order chi connectivity index (χ0) is 16.1. The molecule has 1 atom stereocenters. The molecule has 0 N–H and O–H groups in total. The normalized spacial score (nSPS) is 18.5. The molecule has 8 heteroatoms. The fourth-order valence-electron chi connectivity index (χ4n) is 2.41. The number of amidine groups is 1. The highest BCUT2D eigenvalue weighted by Gasteiger charge is 2.22. The molecular formula is C14H16N3O4S-. The van der Waals surface area contributed by atoms with Gasteiger partial charge in [-0.1, -0.05) is 12.1 Å². The third kappa shape index (κ3) is 4.45. The van der Waals surface area contributed by atoms with Gasteiger partial charge >= 0.3 is 0 Å². The summed E-state index contributed by atoms with van der Waals surface area (Å²) in [5.74, 6) is 0.468. The molecule has 1 aromatic rings. The lowest BCUT2D eigenvalue weighted by molar-refractivity contribution is -0.384. The summed E-state index contributed by atoms with van der Waals surface area (Å²) in [4.78, 5) is 26.4. The van der Waals surface area contributed by atoms with Gasteiger partial charge in [0, 0.05) is 36.9 Å². The number of amides is 1. The van der Waals surface area contributed by atoms with Gasteiger partial charge in [-0.25, -0.2) is 4.99 Å². The molecule has 1 aliphatic heterocycles. The molecule has 22 heavy (non-hydrogen) atoms. The maximum Gasteiger partial charge on any atom is 0.269 e. The van der Waals surface area contributed by atoms with Crippen LogP contribution in [0.5, 0.6) is 0 Å². The molecule has 0 radical (unpaired) electrons. The van der Waals surface area contributed by atoms with Gasteiger partial charge in [-0.3, -0.25) is 10.1 Å². The van der Waals surface area contributed by atoms with Gasteiger partial charge in [0.2, 0.25) is 0 Å². The van der Waals surface area contributed by atoms with Crippen molar-refractivity contribution in [2.24, 2.45) is 4.99 Å². The van der Waals surface area contributed by atoms with Gasteiger partial charge < -0.3 is 14.8 Å². The standard InChI is InChI=1S/C14H17N3O4S/c18-14(19)15-13(16-8-7-12(22)9-16)6-3-10-1-4-11(5-2-10)17(20)21/h1-2,4-5,12,22H,3,6-9H2,(H,18,19)/p-1. The Morgan fingerprint density at radius 2 is 2.09 bits per heavy atom. The van der Waals surface area contributed by atoms with Crippen LogP contribution in [-0.2, 0) is 6.42 Å². The van der Waals surface area contributed by atoms with Crippen molar-refractivity contribution in [3.63, 3.8) is 0 Å². The van der Waals surface area contributed by atoms with Crippen LogP contribution in [0, 0.1) is 10.1 Å². The zero-order valence-corrected chi connectivity index (χ0v) is 12.7. The monoisotopic (exact) mass is 322 g/mol. The highest BCUT2D eigenvalue weighted by atomic mass is 32.1. The van der Waals surface area contributed by atoms with Crippen molar-refractivity contribution in [3.05, 3.63) is 39.9 Å². The summed E-state index contributed by atoms with van der Waals surface area (Å²) in [6, 6.07) is 6.20. The molecule has 1 aliphatic rings. The lowest BCUT2D eigenvalue weighted by atomic mass is 10.1. The van der Waals surface area contributed by atoms with Gasteiger partial charge in [-0.05, 0) is 18.4 Å². The SMILES string of the molecule is O=C([O-])N=C(CCc1ccc([N+](=O)[O-])cc1)N1CCC(S)C1. The number of carbonyl (C=O) groups is 1. The lowest BCUT2D eigenvalue weighted by Crippen LogP contribution is -2.32. The fourth-order valence-corrected chi connectivity index (χ4v) is 2.72. The first-order valence-corrected chi connectivity index (χ1v) is 7.42. The first-order valence-electron chi connectivity index (χ1n) is 6.90. The van der Waals surface area contributed by atoms with Crippen LogP contribution in [0.15, 0.2) is 29.3 Å². The van der Waals surface area contributed by atoms with E-state index in [1.807, 2.05) is 4.90 Å². The molecule has 0 saturated carbocycles. The van der Waals surface area contributed by atoms with Crippen molar-refractivity contribution in [3.8, 4) is 0 Å². The number of carbonyl (C=O) groups excluding carboxylic acids is 1. The Bertz CT molecular complexity index is 588. The average molecular weight is 322 g/mol. The van der Waals surface area contributed by atoms with E-state index in [1.165, 1.54) is 12.1 Å². The smallest absolute Gasteiger partial charge is 0.269 e. The van der Waals surface area contributed by atoms with E-state index < -0.39 is 11.0 Å². The summed E-state index contributed by atoms with van der Waals surface area (Å²) in [5.41, 5.74) is 0.920. The first-order chi connectivity index (χ1) is 10.5. The number of likely N-dealkylation sites (tertiary alicyclic amines) is 1. The number of hydrogen-bond donors (Lipinski definition) is 1. The van der Waals surface area contributed by atoms with Crippen molar-refractivity contribution in [2.75, 3.05) is 13.1 Å². The number of nitrogens with zero attached hydrogens (tertiary/aromatic N) is 3. The summed E-state index contributed by atoms with van der Waals surface area (Å²) >= 11 is 4.38. The molecule has 118 valence electrons. The minimum atomic E-state index is -1.46. The van der Waals surface area contributed by atoms with Crippen molar-refractivity contribution < 1.29 is 14.8 Å². The number of aliphatic imine (C=N–C) groups is 1. The summed E-state index contributed by atoms with van der Waals surface area (Å²) in [6.45, 7) is 1.38. The molecule has 0 spiro atoms. The van der Waals surface area contributed by atoms with E-state index in [0.717, 1.165) is 18.5 Å². The van der Waals surface area contributed by atoms with Gasteiger partial charge in [0.15, 0.2) is 6.09 Å². The second kappa shape index (κ2) is 7.26. The van der Waals surface area contributed by atoms with E-state index in [9.17, 15) is 20.0 Å². The number of thiol groups is 1. The second-order valence-electron chi connectivity index (χ2n) is 5.11. The Kier molecular flexibility index (Phi) is 5.37. The maximum absolute atomic E-state index is 10.8. The molecule has 1 heterocycles. The minimum Gasteiger partial charge on any atom is -0.528 e. The van der Waals surface area contributed by atoms with Gasteiger partial charge in [0.25, 0.3) is 5.69 Å². The van der Waals surface area contributed by atoms with Crippen LogP contribution in [-0.4, -0.2) is 40.1 Å². The molecule has 2 rings (SSSR count). The van der Waals surface area contributed by atoms with Crippen LogP contribution in [0.1, 0.15) is 18.4 Å². The first kappa shape index (κ1) is 16.3. The highest BCUT2D eigenvalue weighted by molar-refractivity contribution is 7.81. The third-order valence-electron chi connectivity index (χ3n) is 3.53. The Morgan fingerprint density at radius 1 is 1.41 bits per heavy atom. The predicted molar refractivity (Wildman–Crippen MR) is 83.2 cm³/mol. The lowest BCUT2D eigenvalue weighted by Gasteiger charge is -2.20. The molecule has 0 aliphatic carbocycles. The van der Waals surface area contributed by atoms with Crippen molar-refractivity contribution in [2.45, 2.75) is 24.5 Å². The number of aryl methyl sites for hydroxylation is 1. The Morgan fingerprint density at radius 3 is 2.59 bits per heavy atom. The molecule has 1 fully saturated rings. The number of benzene rings is 1. The van der Waals surface area contributed by atoms with Gasteiger partial charge in [-0.15, -0.1) is 0 Å². The number of nitro benzene ring substituents is 1. The molecule has 1 aromatic carbocycles. The van der Waals surface area contributed by atoms with Gasteiger partial charge in [-0.2, -0.15) is 12.6 Å². The van der Waals surface area contributed by atoms with E-state index in [2.05, 4.69) is 17.6 Å². The van der Waals surface area contributed by atoms with Crippen LogP contribution in [0.25, 0.3) is 0 Å². The van der Waals surface area contributed by atoms with E-state index >= 15 is 0 Å². The number of hydrogen-bond acceptors (Lipinski definition) is 5. The molecule has 0 bridgehead atoms. The molecule has 7 nitrogen and oxygen atoms in total. The quantitative estimate of drug-likeness (QED) is 0.296. The topological polar surface area (TPSA) is 98.9 Å². The van der Waals surface area contributed by atoms with Crippen LogP contribution >= 0.6 is 12.6 Å².